The molecule has 0 aromatic carbocycles. The number of carbonyl (C=O) groups is 1. The third kappa shape index (κ3) is 3.81. The van der Waals surface area contributed by atoms with Gasteiger partial charge in [-0.25, -0.2) is 0 Å². The Hall–Kier alpha value is -0.850. The number of halogens is 1. The van der Waals surface area contributed by atoms with E-state index in [0.29, 0.717) is 36.5 Å². The molecule has 1 aromatic heterocycles. The minimum absolute atomic E-state index is 0.0581. The van der Waals surface area contributed by atoms with E-state index in [1.165, 1.54) is 6.26 Å². The number of hydrogen-bond donors (Lipinski definition) is 1. The average Bonchev–Trinajstić information content (AvgIpc) is 2.85. The second-order valence-electron chi connectivity index (χ2n) is 4.60. The Bertz CT molecular complexity index is 414. The van der Waals surface area contributed by atoms with Gasteiger partial charge >= 0.3 is 0 Å². The van der Waals surface area contributed by atoms with Crippen LogP contribution >= 0.6 is 15.9 Å². The molecule has 0 radical (unpaired) electrons. The van der Waals surface area contributed by atoms with Crippen molar-refractivity contribution in [2.24, 2.45) is 5.73 Å². The number of ether oxygens (including phenoxy) is 1. The van der Waals surface area contributed by atoms with Crippen LogP contribution in [0.15, 0.2) is 21.2 Å². The Kier molecular flexibility index (Phi) is 5.42. The molecular formula is C13H19BrN2O3. The molecule has 0 spiro atoms. The van der Waals surface area contributed by atoms with E-state index in [-0.39, 0.29) is 12.0 Å². The Morgan fingerprint density at radius 3 is 2.84 bits per heavy atom. The molecule has 0 unspecified atom stereocenters. The van der Waals surface area contributed by atoms with Gasteiger partial charge in [0.15, 0.2) is 0 Å². The van der Waals surface area contributed by atoms with E-state index in [9.17, 15) is 4.79 Å². The molecule has 19 heavy (non-hydrogen) atoms. The molecule has 1 amide bonds. The molecule has 106 valence electrons. The first-order valence-electron chi connectivity index (χ1n) is 6.56. The Morgan fingerprint density at radius 2 is 2.26 bits per heavy atom. The van der Waals surface area contributed by atoms with Crippen molar-refractivity contribution in [2.75, 3.05) is 26.2 Å². The molecule has 1 fully saturated rings. The van der Waals surface area contributed by atoms with Crippen molar-refractivity contribution in [1.82, 2.24) is 4.90 Å². The van der Waals surface area contributed by atoms with Crippen LogP contribution in [0.5, 0.6) is 0 Å². The largest absolute Gasteiger partial charge is 0.458 e. The topological polar surface area (TPSA) is 68.7 Å². The van der Waals surface area contributed by atoms with Crippen LogP contribution in [-0.2, 0) is 4.74 Å². The number of carbonyl (C=O) groups excluding carboxylic acids is 1. The lowest BCUT2D eigenvalue weighted by molar-refractivity contribution is 0.00761. The van der Waals surface area contributed by atoms with Gasteiger partial charge in [0.1, 0.15) is 0 Å². The summed E-state index contributed by atoms with van der Waals surface area (Å²) in [6, 6.07) is 1.73. The minimum Gasteiger partial charge on any atom is -0.458 e. The van der Waals surface area contributed by atoms with Crippen molar-refractivity contribution >= 4 is 21.8 Å². The second kappa shape index (κ2) is 7.07. The van der Waals surface area contributed by atoms with Crippen molar-refractivity contribution in [3.05, 3.63) is 22.6 Å². The highest BCUT2D eigenvalue weighted by atomic mass is 79.9. The van der Waals surface area contributed by atoms with Gasteiger partial charge in [-0.05, 0) is 47.8 Å². The number of piperidine rings is 1. The standard InChI is InChI=1S/C13H19BrN2O3/c14-11-4-9-19-12(11)13(17)16-6-2-10(3-7-16)18-8-1-5-15/h4,9-10H,1-3,5-8,15H2. The van der Waals surface area contributed by atoms with Gasteiger partial charge in [0.25, 0.3) is 5.91 Å². The minimum atomic E-state index is -0.0581. The average molecular weight is 331 g/mol. The molecular weight excluding hydrogens is 312 g/mol. The van der Waals surface area contributed by atoms with Crippen molar-refractivity contribution in [2.45, 2.75) is 25.4 Å². The molecule has 0 atom stereocenters. The molecule has 1 saturated heterocycles. The van der Waals surface area contributed by atoms with E-state index >= 15 is 0 Å². The zero-order chi connectivity index (χ0) is 13.7. The van der Waals surface area contributed by atoms with Gasteiger partial charge in [-0.3, -0.25) is 4.79 Å². The molecule has 6 heteroatoms. The summed E-state index contributed by atoms with van der Waals surface area (Å²) in [6.45, 7) is 2.78. The van der Waals surface area contributed by atoms with E-state index in [0.717, 1.165) is 19.3 Å². The SMILES string of the molecule is NCCCOC1CCN(C(=O)c2occc2Br)CC1. The number of rotatable bonds is 5. The van der Waals surface area contributed by atoms with Crippen LogP contribution in [-0.4, -0.2) is 43.2 Å². The van der Waals surface area contributed by atoms with E-state index in [1.807, 2.05) is 4.90 Å². The Morgan fingerprint density at radius 1 is 1.53 bits per heavy atom. The summed E-state index contributed by atoms with van der Waals surface area (Å²) >= 11 is 3.31. The number of hydrogen-bond acceptors (Lipinski definition) is 4. The second-order valence-corrected chi connectivity index (χ2v) is 5.46. The maximum atomic E-state index is 12.2. The van der Waals surface area contributed by atoms with Gasteiger partial charge in [0.05, 0.1) is 16.8 Å². The molecule has 0 aliphatic carbocycles. The van der Waals surface area contributed by atoms with Gasteiger partial charge in [0.2, 0.25) is 5.76 Å². The summed E-state index contributed by atoms with van der Waals surface area (Å²) in [5.41, 5.74) is 5.43. The lowest BCUT2D eigenvalue weighted by Gasteiger charge is -2.31. The van der Waals surface area contributed by atoms with E-state index < -0.39 is 0 Å². The van der Waals surface area contributed by atoms with Crippen LogP contribution in [0, 0.1) is 0 Å². The van der Waals surface area contributed by atoms with Gasteiger partial charge in [-0.15, -0.1) is 0 Å². The molecule has 2 rings (SSSR count). The number of amides is 1. The number of likely N-dealkylation sites (tertiary alicyclic amines) is 1. The van der Waals surface area contributed by atoms with Gasteiger partial charge in [-0.1, -0.05) is 0 Å². The predicted molar refractivity (Wildman–Crippen MR) is 75.0 cm³/mol. The monoisotopic (exact) mass is 330 g/mol. The number of nitrogens with zero attached hydrogens (tertiary/aromatic N) is 1. The molecule has 1 aromatic rings. The summed E-state index contributed by atoms with van der Waals surface area (Å²) in [4.78, 5) is 14.0. The number of nitrogens with two attached hydrogens (primary N) is 1. The highest BCUT2D eigenvalue weighted by molar-refractivity contribution is 9.10. The molecule has 2 N–H and O–H groups in total. The molecule has 0 saturated carbocycles. The summed E-state index contributed by atoms with van der Waals surface area (Å²) in [6.07, 6.45) is 4.39. The maximum Gasteiger partial charge on any atom is 0.290 e. The first-order valence-corrected chi connectivity index (χ1v) is 7.35. The fourth-order valence-corrected chi connectivity index (χ4v) is 2.52. The summed E-state index contributed by atoms with van der Waals surface area (Å²) in [5, 5.41) is 0. The van der Waals surface area contributed by atoms with E-state index in [4.69, 9.17) is 14.9 Å². The zero-order valence-electron chi connectivity index (χ0n) is 10.8. The zero-order valence-corrected chi connectivity index (χ0v) is 12.4. The Labute approximate surface area is 121 Å². The summed E-state index contributed by atoms with van der Waals surface area (Å²) in [5.74, 6) is 0.319. The highest BCUT2D eigenvalue weighted by Crippen LogP contribution is 2.22. The van der Waals surface area contributed by atoms with Gasteiger partial charge < -0.3 is 19.8 Å². The molecule has 0 bridgehead atoms. The van der Waals surface area contributed by atoms with Crippen molar-refractivity contribution in [1.29, 1.82) is 0 Å². The lowest BCUT2D eigenvalue weighted by atomic mass is 10.1. The fourth-order valence-electron chi connectivity index (χ4n) is 2.15. The van der Waals surface area contributed by atoms with Crippen LogP contribution in [0.1, 0.15) is 29.8 Å². The first-order chi connectivity index (χ1) is 9.22. The van der Waals surface area contributed by atoms with Crippen molar-refractivity contribution in [3.63, 3.8) is 0 Å². The van der Waals surface area contributed by atoms with E-state index in [1.54, 1.807) is 6.07 Å². The summed E-state index contributed by atoms with van der Waals surface area (Å²) in [7, 11) is 0. The smallest absolute Gasteiger partial charge is 0.290 e. The van der Waals surface area contributed by atoms with Crippen LogP contribution in [0.2, 0.25) is 0 Å². The van der Waals surface area contributed by atoms with E-state index in [2.05, 4.69) is 15.9 Å². The van der Waals surface area contributed by atoms with Crippen LogP contribution in [0.25, 0.3) is 0 Å². The van der Waals surface area contributed by atoms with Crippen molar-refractivity contribution < 1.29 is 13.9 Å². The van der Waals surface area contributed by atoms with Crippen LogP contribution < -0.4 is 5.73 Å². The third-order valence-electron chi connectivity index (χ3n) is 3.24. The van der Waals surface area contributed by atoms with Crippen LogP contribution in [0.4, 0.5) is 0 Å². The normalized spacial score (nSPS) is 16.8. The lowest BCUT2D eigenvalue weighted by Crippen LogP contribution is -2.41. The van der Waals surface area contributed by atoms with Crippen molar-refractivity contribution in [3.8, 4) is 0 Å². The van der Waals surface area contributed by atoms with Gasteiger partial charge in [-0.2, -0.15) is 0 Å². The van der Waals surface area contributed by atoms with Gasteiger partial charge in [0, 0.05) is 19.7 Å². The molecule has 1 aliphatic heterocycles. The highest BCUT2D eigenvalue weighted by Gasteiger charge is 2.26. The molecule has 1 aliphatic rings. The fraction of sp³-hybridized carbons (Fsp3) is 0.615. The number of furan rings is 1. The Balaban J connectivity index is 1.80. The third-order valence-corrected chi connectivity index (χ3v) is 3.87. The molecule has 2 heterocycles. The predicted octanol–water partition coefficient (Wildman–Crippen LogP) is 2.01. The first kappa shape index (κ1) is 14.6. The summed E-state index contributed by atoms with van der Waals surface area (Å²) < 4.78 is 11.6. The quantitative estimate of drug-likeness (QED) is 0.838. The molecule has 5 nitrogen and oxygen atoms in total. The van der Waals surface area contributed by atoms with Crippen LogP contribution in [0.3, 0.4) is 0 Å². The maximum absolute atomic E-state index is 12.2.